The summed E-state index contributed by atoms with van der Waals surface area (Å²) in [7, 11) is -0.657. The minimum absolute atomic E-state index is 0.308. The number of benzene rings is 1. The Bertz CT molecular complexity index is 320. The van der Waals surface area contributed by atoms with Gasteiger partial charge in [-0.25, -0.2) is 0 Å². The summed E-state index contributed by atoms with van der Waals surface area (Å²) in [5.41, 5.74) is 9.03. The Morgan fingerprint density at radius 2 is 2.15 bits per heavy atom. The van der Waals surface area contributed by atoms with Gasteiger partial charge in [0.2, 0.25) is 0 Å². The first kappa shape index (κ1) is 8.97. The summed E-state index contributed by atoms with van der Waals surface area (Å²) >= 11 is 0. The van der Waals surface area contributed by atoms with Gasteiger partial charge in [0.05, 0.1) is 8.80 Å². The molecule has 0 aliphatic heterocycles. The molecule has 0 saturated carbocycles. The van der Waals surface area contributed by atoms with Gasteiger partial charge in [-0.05, 0) is 24.0 Å². The molecule has 0 bridgehead atoms. The van der Waals surface area contributed by atoms with Crippen LogP contribution in [0.15, 0.2) is 18.2 Å². The van der Waals surface area contributed by atoms with E-state index in [1.165, 1.54) is 12.0 Å². The fourth-order valence-electron chi connectivity index (χ4n) is 2.26. The number of fused-ring (bicyclic) bond motifs is 1. The second-order valence-electron chi connectivity index (χ2n) is 4.21. The SMILES string of the molecule is C[SiH](C)c1cccc2c1CC[C@H]2N. The van der Waals surface area contributed by atoms with Crippen LogP contribution in [0.25, 0.3) is 0 Å². The van der Waals surface area contributed by atoms with E-state index in [-0.39, 0.29) is 0 Å². The molecule has 2 heteroatoms. The van der Waals surface area contributed by atoms with Crippen LogP contribution in [0.5, 0.6) is 0 Å². The third kappa shape index (κ3) is 1.44. The monoisotopic (exact) mass is 191 g/mol. The van der Waals surface area contributed by atoms with Crippen molar-refractivity contribution in [1.29, 1.82) is 0 Å². The molecule has 0 aromatic heterocycles. The average Bonchev–Trinajstić information content (AvgIpc) is 2.48. The van der Waals surface area contributed by atoms with Gasteiger partial charge in [-0.2, -0.15) is 0 Å². The van der Waals surface area contributed by atoms with Gasteiger partial charge in [-0.1, -0.05) is 36.5 Å². The number of hydrogen-bond acceptors (Lipinski definition) is 1. The van der Waals surface area contributed by atoms with Crippen molar-refractivity contribution in [3.05, 3.63) is 29.3 Å². The molecule has 0 unspecified atom stereocenters. The van der Waals surface area contributed by atoms with Crippen molar-refractivity contribution in [2.24, 2.45) is 5.73 Å². The van der Waals surface area contributed by atoms with Crippen molar-refractivity contribution in [2.75, 3.05) is 0 Å². The Hall–Kier alpha value is -0.603. The zero-order chi connectivity index (χ0) is 9.42. The molecule has 1 aromatic rings. The molecular formula is C11H17NSi. The van der Waals surface area contributed by atoms with E-state index in [4.69, 9.17) is 5.73 Å². The lowest BCUT2D eigenvalue weighted by molar-refractivity contribution is 0.713. The van der Waals surface area contributed by atoms with Crippen molar-refractivity contribution < 1.29 is 0 Å². The third-order valence-corrected chi connectivity index (χ3v) is 4.76. The van der Waals surface area contributed by atoms with Crippen LogP contribution in [0.1, 0.15) is 23.6 Å². The molecule has 0 amide bonds. The first-order valence-electron chi connectivity index (χ1n) is 5.07. The highest BCUT2D eigenvalue weighted by atomic mass is 28.3. The summed E-state index contributed by atoms with van der Waals surface area (Å²) in [6.07, 6.45) is 2.35. The van der Waals surface area contributed by atoms with Crippen LogP contribution >= 0.6 is 0 Å². The molecule has 70 valence electrons. The van der Waals surface area contributed by atoms with Crippen molar-refractivity contribution in [3.63, 3.8) is 0 Å². The maximum Gasteiger partial charge on any atom is 0.0651 e. The second-order valence-corrected chi connectivity index (χ2v) is 7.15. The fourth-order valence-corrected chi connectivity index (χ4v) is 3.76. The number of hydrogen-bond donors (Lipinski definition) is 1. The minimum atomic E-state index is -0.657. The Morgan fingerprint density at radius 3 is 2.85 bits per heavy atom. The van der Waals surface area contributed by atoms with Crippen LogP contribution in [-0.2, 0) is 6.42 Å². The summed E-state index contributed by atoms with van der Waals surface area (Å²) < 4.78 is 0. The topological polar surface area (TPSA) is 26.0 Å². The van der Waals surface area contributed by atoms with Crippen LogP contribution in [0, 0.1) is 0 Å². The fraction of sp³-hybridized carbons (Fsp3) is 0.455. The number of rotatable bonds is 1. The molecule has 0 saturated heterocycles. The minimum Gasteiger partial charge on any atom is -0.324 e. The van der Waals surface area contributed by atoms with Gasteiger partial charge < -0.3 is 5.73 Å². The molecule has 1 nitrogen and oxygen atoms in total. The van der Waals surface area contributed by atoms with E-state index in [2.05, 4.69) is 31.3 Å². The summed E-state index contributed by atoms with van der Waals surface area (Å²) in [5.74, 6) is 0. The van der Waals surface area contributed by atoms with Gasteiger partial charge in [-0.15, -0.1) is 0 Å². The lowest BCUT2D eigenvalue weighted by Gasteiger charge is -2.11. The molecule has 1 atom stereocenters. The first-order chi connectivity index (χ1) is 6.20. The van der Waals surface area contributed by atoms with E-state index in [1.54, 1.807) is 10.8 Å². The van der Waals surface area contributed by atoms with Crippen LogP contribution in [-0.4, -0.2) is 8.80 Å². The molecule has 1 aliphatic rings. The predicted molar refractivity (Wildman–Crippen MR) is 60.2 cm³/mol. The van der Waals surface area contributed by atoms with Crippen molar-refractivity contribution in [3.8, 4) is 0 Å². The largest absolute Gasteiger partial charge is 0.324 e. The van der Waals surface area contributed by atoms with Crippen LogP contribution in [0.2, 0.25) is 13.1 Å². The van der Waals surface area contributed by atoms with Gasteiger partial charge >= 0.3 is 0 Å². The van der Waals surface area contributed by atoms with Crippen LogP contribution in [0.4, 0.5) is 0 Å². The summed E-state index contributed by atoms with van der Waals surface area (Å²) in [6, 6.07) is 6.98. The van der Waals surface area contributed by atoms with E-state index < -0.39 is 8.80 Å². The number of nitrogens with two attached hydrogens (primary N) is 1. The molecule has 1 aromatic carbocycles. The Balaban J connectivity index is 2.51. The van der Waals surface area contributed by atoms with Gasteiger partial charge in [0, 0.05) is 6.04 Å². The predicted octanol–water partition coefficient (Wildman–Crippen LogP) is 1.33. The molecule has 2 N–H and O–H groups in total. The van der Waals surface area contributed by atoms with Crippen molar-refractivity contribution in [2.45, 2.75) is 32.0 Å². The van der Waals surface area contributed by atoms with Crippen molar-refractivity contribution >= 4 is 14.0 Å². The maximum absolute atomic E-state index is 6.03. The lowest BCUT2D eigenvalue weighted by Crippen LogP contribution is -2.26. The normalized spacial score (nSPS) is 20.8. The van der Waals surface area contributed by atoms with E-state index in [0.717, 1.165) is 6.42 Å². The van der Waals surface area contributed by atoms with E-state index in [0.29, 0.717) is 6.04 Å². The second kappa shape index (κ2) is 3.27. The highest BCUT2D eigenvalue weighted by molar-refractivity contribution is 6.71. The maximum atomic E-state index is 6.03. The molecule has 2 rings (SSSR count). The van der Waals surface area contributed by atoms with Crippen LogP contribution < -0.4 is 10.9 Å². The summed E-state index contributed by atoms with van der Waals surface area (Å²) in [5, 5.41) is 1.63. The highest BCUT2D eigenvalue weighted by Crippen LogP contribution is 2.27. The molecule has 13 heavy (non-hydrogen) atoms. The molecule has 1 aliphatic carbocycles. The molecular weight excluding hydrogens is 174 g/mol. The van der Waals surface area contributed by atoms with E-state index >= 15 is 0 Å². The Labute approximate surface area is 81.6 Å². The standard InChI is InChI=1S/C11H17NSi/c1-13(2)11-5-3-4-8-9(11)6-7-10(8)12/h3-5,10,13H,6-7,12H2,1-2H3/t10-/m1/s1. The van der Waals surface area contributed by atoms with Gasteiger partial charge in [0.25, 0.3) is 0 Å². The van der Waals surface area contributed by atoms with Gasteiger partial charge in [0.15, 0.2) is 0 Å². The van der Waals surface area contributed by atoms with Crippen molar-refractivity contribution in [1.82, 2.24) is 0 Å². The summed E-state index contributed by atoms with van der Waals surface area (Å²) in [4.78, 5) is 0. The van der Waals surface area contributed by atoms with Gasteiger partial charge in [0.1, 0.15) is 0 Å². The molecule has 0 spiro atoms. The highest BCUT2D eigenvalue weighted by Gasteiger charge is 2.21. The average molecular weight is 191 g/mol. The zero-order valence-corrected chi connectivity index (χ0v) is 9.53. The van der Waals surface area contributed by atoms with E-state index in [1.807, 2.05) is 0 Å². The first-order valence-corrected chi connectivity index (χ1v) is 7.96. The smallest absolute Gasteiger partial charge is 0.0651 e. The molecule has 0 heterocycles. The molecule has 0 fully saturated rings. The van der Waals surface area contributed by atoms with Crippen LogP contribution in [0.3, 0.4) is 0 Å². The quantitative estimate of drug-likeness (QED) is 0.666. The Kier molecular flexibility index (Phi) is 2.26. The summed E-state index contributed by atoms with van der Waals surface area (Å²) in [6.45, 7) is 4.78. The third-order valence-electron chi connectivity index (χ3n) is 2.98. The molecule has 0 radical (unpaired) electrons. The zero-order valence-electron chi connectivity index (χ0n) is 8.38. The van der Waals surface area contributed by atoms with Gasteiger partial charge in [-0.3, -0.25) is 0 Å². The van der Waals surface area contributed by atoms with E-state index in [9.17, 15) is 0 Å². The lowest BCUT2D eigenvalue weighted by atomic mass is 10.1. The Morgan fingerprint density at radius 1 is 1.38 bits per heavy atom.